The number of halogens is 2. The average Bonchev–Trinajstić information content (AvgIpc) is 2.38. The van der Waals surface area contributed by atoms with Gasteiger partial charge in [-0.25, -0.2) is 9.37 Å². The predicted octanol–water partition coefficient (Wildman–Crippen LogP) is 3.46. The van der Waals surface area contributed by atoms with Crippen LogP contribution in [-0.2, 0) is 9.53 Å². The van der Waals surface area contributed by atoms with Crippen LogP contribution in [0, 0.1) is 18.7 Å². The summed E-state index contributed by atoms with van der Waals surface area (Å²) in [7, 11) is 0. The molecule has 116 valence electrons. The number of pyridine rings is 1. The van der Waals surface area contributed by atoms with E-state index in [1.807, 2.05) is 4.90 Å². The maximum atomic E-state index is 14.2. The minimum atomic E-state index is -0.272. The first-order valence-corrected chi connectivity index (χ1v) is 8.03. The van der Waals surface area contributed by atoms with Crippen molar-refractivity contribution in [1.82, 2.24) is 4.98 Å². The molecule has 0 radical (unpaired) electrons. The second kappa shape index (κ2) is 7.20. The largest absolute Gasteiger partial charge is 0.466 e. The van der Waals surface area contributed by atoms with Crippen molar-refractivity contribution in [2.45, 2.75) is 33.1 Å². The van der Waals surface area contributed by atoms with E-state index in [-0.39, 0.29) is 17.7 Å². The van der Waals surface area contributed by atoms with E-state index in [1.54, 1.807) is 13.8 Å². The number of ether oxygens (including phenoxy) is 1. The highest BCUT2D eigenvalue weighted by Gasteiger charge is 2.26. The molecule has 1 fully saturated rings. The zero-order valence-corrected chi connectivity index (χ0v) is 14.0. The van der Waals surface area contributed by atoms with Gasteiger partial charge in [-0.2, -0.15) is 0 Å². The summed E-state index contributed by atoms with van der Waals surface area (Å²) < 4.78 is 19.7. The number of aryl methyl sites for hydroxylation is 1. The molecule has 0 saturated carbocycles. The molecule has 1 atom stereocenters. The predicted molar refractivity (Wildman–Crippen MR) is 82.8 cm³/mol. The van der Waals surface area contributed by atoms with Crippen molar-refractivity contribution in [2.75, 3.05) is 24.6 Å². The number of aromatic nitrogens is 1. The fourth-order valence-electron chi connectivity index (χ4n) is 2.86. The van der Waals surface area contributed by atoms with Gasteiger partial charge in [-0.3, -0.25) is 4.79 Å². The van der Waals surface area contributed by atoms with Crippen molar-refractivity contribution < 1.29 is 13.9 Å². The summed E-state index contributed by atoms with van der Waals surface area (Å²) in [5.41, 5.74) is 1.21. The van der Waals surface area contributed by atoms with E-state index in [1.165, 1.54) is 6.07 Å². The van der Waals surface area contributed by atoms with E-state index in [0.717, 1.165) is 19.4 Å². The van der Waals surface area contributed by atoms with Crippen LogP contribution in [0.4, 0.5) is 10.1 Å². The minimum absolute atomic E-state index is 0.171. The molecule has 1 aromatic rings. The maximum absolute atomic E-state index is 14.2. The molecule has 6 heteroatoms. The molecule has 21 heavy (non-hydrogen) atoms. The van der Waals surface area contributed by atoms with Crippen molar-refractivity contribution in [3.05, 3.63) is 22.2 Å². The van der Waals surface area contributed by atoms with Gasteiger partial charge in [0.15, 0.2) is 5.82 Å². The van der Waals surface area contributed by atoms with Gasteiger partial charge in [-0.1, -0.05) is 0 Å². The topological polar surface area (TPSA) is 42.4 Å². The first-order chi connectivity index (χ1) is 10.0. The van der Waals surface area contributed by atoms with Crippen LogP contribution in [0.3, 0.4) is 0 Å². The molecule has 1 aliphatic rings. The van der Waals surface area contributed by atoms with E-state index in [0.29, 0.717) is 35.6 Å². The molecular weight excluding hydrogens is 339 g/mol. The first kappa shape index (κ1) is 16.2. The van der Waals surface area contributed by atoms with Crippen molar-refractivity contribution in [3.8, 4) is 0 Å². The Kier molecular flexibility index (Phi) is 5.56. The number of hydrogen-bond acceptors (Lipinski definition) is 4. The molecule has 2 rings (SSSR count). The van der Waals surface area contributed by atoms with Gasteiger partial charge in [-0.15, -0.1) is 0 Å². The van der Waals surface area contributed by atoms with E-state index < -0.39 is 0 Å². The second-order valence-corrected chi connectivity index (χ2v) is 6.14. The summed E-state index contributed by atoms with van der Waals surface area (Å²) >= 11 is 3.20. The third-order valence-corrected chi connectivity index (χ3v) is 4.09. The third-order valence-electron chi connectivity index (χ3n) is 3.69. The third kappa shape index (κ3) is 4.15. The summed E-state index contributed by atoms with van der Waals surface area (Å²) in [6.07, 6.45) is 2.31. The summed E-state index contributed by atoms with van der Waals surface area (Å²) in [5, 5.41) is 0. The molecular formula is C15H20BrFN2O2. The number of esters is 1. The number of hydrogen-bond donors (Lipinski definition) is 0. The molecule has 0 aliphatic carbocycles. The summed E-state index contributed by atoms with van der Waals surface area (Å²) in [6.45, 7) is 5.47. The highest BCUT2D eigenvalue weighted by atomic mass is 79.9. The quantitative estimate of drug-likeness (QED) is 0.610. The van der Waals surface area contributed by atoms with Gasteiger partial charge in [0.05, 0.1) is 24.4 Å². The molecule has 1 saturated heterocycles. The highest BCUT2D eigenvalue weighted by Crippen LogP contribution is 2.30. The smallest absolute Gasteiger partial charge is 0.306 e. The van der Waals surface area contributed by atoms with E-state index in [2.05, 4.69) is 20.9 Å². The van der Waals surface area contributed by atoms with Gasteiger partial charge < -0.3 is 9.64 Å². The lowest BCUT2D eigenvalue weighted by Crippen LogP contribution is -2.37. The van der Waals surface area contributed by atoms with Gasteiger partial charge in [0.25, 0.3) is 0 Å². The Bertz CT molecular complexity index is 501. The van der Waals surface area contributed by atoms with E-state index >= 15 is 0 Å². The second-order valence-electron chi connectivity index (χ2n) is 5.32. The molecule has 0 bridgehead atoms. The van der Waals surface area contributed by atoms with Crippen LogP contribution < -0.4 is 4.90 Å². The Balaban J connectivity index is 2.09. The Morgan fingerprint density at radius 3 is 3.05 bits per heavy atom. The zero-order chi connectivity index (χ0) is 15.4. The maximum Gasteiger partial charge on any atom is 0.306 e. The standard InChI is InChI=1S/C15H20BrFN2O2/c1-3-21-14(20)7-11-5-4-6-19(9-11)15-10(2)18-13(16)8-12(15)17/h8,11H,3-7,9H2,1-2H3. The molecule has 1 unspecified atom stereocenters. The van der Waals surface area contributed by atoms with Crippen LogP contribution in [0.1, 0.15) is 31.9 Å². The number of nitrogens with zero attached hydrogens (tertiary/aromatic N) is 2. The fourth-order valence-corrected chi connectivity index (χ4v) is 3.33. The molecule has 4 nitrogen and oxygen atoms in total. The highest BCUT2D eigenvalue weighted by molar-refractivity contribution is 9.10. The van der Waals surface area contributed by atoms with Gasteiger partial charge in [0.1, 0.15) is 4.60 Å². The monoisotopic (exact) mass is 358 g/mol. The molecule has 1 aliphatic heterocycles. The molecule has 0 N–H and O–H groups in total. The van der Waals surface area contributed by atoms with Crippen molar-refractivity contribution >= 4 is 27.6 Å². The number of carbonyl (C=O) groups excluding carboxylic acids is 1. The average molecular weight is 359 g/mol. The van der Waals surface area contributed by atoms with E-state index in [9.17, 15) is 9.18 Å². The Morgan fingerprint density at radius 2 is 2.38 bits per heavy atom. The lowest BCUT2D eigenvalue weighted by molar-refractivity contribution is -0.144. The van der Waals surface area contributed by atoms with Gasteiger partial charge >= 0.3 is 5.97 Å². The number of carbonyl (C=O) groups is 1. The molecule has 0 spiro atoms. The lowest BCUT2D eigenvalue weighted by Gasteiger charge is -2.34. The Labute approximate surface area is 132 Å². The van der Waals surface area contributed by atoms with Crippen molar-refractivity contribution in [3.63, 3.8) is 0 Å². The number of rotatable bonds is 4. The Morgan fingerprint density at radius 1 is 1.62 bits per heavy atom. The fraction of sp³-hybridized carbons (Fsp3) is 0.600. The zero-order valence-electron chi connectivity index (χ0n) is 12.4. The van der Waals surface area contributed by atoms with Crippen LogP contribution in [0.25, 0.3) is 0 Å². The van der Waals surface area contributed by atoms with Crippen LogP contribution >= 0.6 is 15.9 Å². The summed E-state index contributed by atoms with van der Waals surface area (Å²) in [5.74, 6) is -0.234. The van der Waals surface area contributed by atoms with Gasteiger partial charge in [0.2, 0.25) is 0 Å². The van der Waals surface area contributed by atoms with Crippen LogP contribution in [0.5, 0.6) is 0 Å². The minimum Gasteiger partial charge on any atom is -0.466 e. The molecule has 0 aromatic carbocycles. The van der Waals surface area contributed by atoms with Crippen LogP contribution in [0.2, 0.25) is 0 Å². The molecule has 0 amide bonds. The lowest BCUT2D eigenvalue weighted by atomic mass is 9.94. The molecule has 1 aromatic heterocycles. The summed E-state index contributed by atoms with van der Waals surface area (Å²) in [4.78, 5) is 17.9. The van der Waals surface area contributed by atoms with Crippen LogP contribution in [0.15, 0.2) is 10.7 Å². The normalized spacial score (nSPS) is 18.7. The van der Waals surface area contributed by atoms with Gasteiger partial charge in [0, 0.05) is 19.2 Å². The first-order valence-electron chi connectivity index (χ1n) is 7.24. The van der Waals surface area contributed by atoms with Gasteiger partial charge in [-0.05, 0) is 48.5 Å². The Hall–Kier alpha value is -1.17. The SMILES string of the molecule is CCOC(=O)CC1CCCN(c2c(F)cc(Br)nc2C)C1. The number of piperidine rings is 1. The van der Waals surface area contributed by atoms with Crippen LogP contribution in [-0.4, -0.2) is 30.6 Å². The summed E-state index contributed by atoms with van der Waals surface area (Å²) in [6, 6.07) is 1.39. The van der Waals surface area contributed by atoms with Crippen molar-refractivity contribution in [2.24, 2.45) is 5.92 Å². The van der Waals surface area contributed by atoms with E-state index in [4.69, 9.17) is 4.74 Å². The van der Waals surface area contributed by atoms with Crippen molar-refractivity contribution in [1.29, 1.82) is 0 Å². The molecule has 2 heterocycles. The number of anilines is 1.